The van der Waals surface area contributed by atoms with Crippen molar-refractivity contribution in [3.05, 3.63) is 71.4 Å². The predicted molar refractivity (Wildman–Crippen MR) is 143 cm³/mol. The van der Waals surface area contributed by atoms with Crippen LogP contribution in [0.4, 0.5) is 5.82 Å². The average molecular weight is 456 g/mol. The van der Waals surface area contributed by atoms with Gasteiger partial charge in [-0.2, -0.15) is 9.61 Å². The van der Waals surface area contributed by atoms with Gasteiger partial charge in [0.05, 0.1) is 5.69 Å². The van der Waals surface area contributed by atoms with E-state index in [-0.39, 0.29) is 0 Å². The standard InChI is InChI=1S/C25H28B2ClN5/c26-20-9-3-1-7-18(20)16-32-11-5-6-17(15-32)13-29-24-12-23(19-8-2-4-10-22(19)28)31-25-21(27)14-30-33(24)25/h1-4,7-10,12,14,17,29H,5-6,11,13,15-16,26-27H2. The zero-order valence-corrected chi connectivity index (χ0v) is 20.0. The molecule has 5 nitrogen and oxygen atoms in total. The Morgan fingerprint density at radius 1 is 1.06 bits per heavy atom. The molecule has 1 saturated heterocycles. The van der Waals surface area contributed by atoms with Crippen molar-refractivity contribution in [1.29, 1.82) is 0 Å². The Bertz CT molecular complexity index is 1270. The molecule has 3 heterocycles. The fourth-order valence-corrected chi connectivity index (χ4v) is 4.98. The van der Waals surface area contributed by atoms with Crippen LogP contribution in [0.1, 0.15) is 18.4 Å². The minimum Gasteiger partial charge on any atom is -0.370 e. The molecule has 2 aromatic carbocycles. The molecule has 1 fully saturated rings. The van der Waals surface area contributed by atoms with E-state index in [1.165, 1.54) is 30.4 Å². The topological polar surface area (TPSA) is 45.5 Å². The van der Waals surface area contributed by atoms with Crippen LogP contribution < -0.4 is 16.2 Å². The SMILES string of the molecule is Bc1ccccc1CN1CCCC(CNc2cc(-c3ccccc3Cl)nc3c(B)cnn23)C1. The average Bonchev–Trinajstić information content (AvgIpc) is 3.20. The number of rotatable bonds is 6. The van der Waals surface area contributed by atoms with Gasteiger partial charge >= 0.3 is 0 Å². The number of piperidine rings is 1. The van der Waals surface area contributed by atoms with E-state index in [0.717, 1.165) is 47.8 Å². The van der Waals surface area contributed by atoms with Crippen molar-refractivity contribution in [2.45, 2.75) is 19.4 Å². The number of hydrogen-bond acceptors (Lipinski definition) is 4. The van der Waals surface area contributed by atoms with Gasteiger partial charge in [-0.25, -0.2) is 4.98 Å². The van der Waals surface area contributed by atoms with Gasteiger partial charge in [0.25, 0.3) is 0 Å². The van der Waals surface area contributed by atoms with Crippen molar-refractivity contribution < 1.29 is 0 Å². The molecule has 33 heavy (non-hydrogen) atoms. The van der Waals surface area contributed by atoms with E-state index in [9.17, 15) is 0 Å². The van der Waals surface area contributed by atoms with Gasteiger partial charge in [-0.3, -0.25) is 4.90 Å². The summed E-state index contributed by atoms with van der Waals surface area (Å²) < 4.78 is 1.91. The molecule has 4 aromatic rings. The van der Waals surface area contributed by atoms with Crippen molar-refractivity contribution in [2.75, 3.05) is 25.0 Å². The number of anilines is 1. The van der Waals surface area contributed by atoms with Gasteiger partial charge in [0, 0.05) is 42.5 Å². The normalized spacial score (nSPS) is 16.8. The van der Waals surface area contributed by atoms with Gasteiger partial charge in [0.1, 0.15) is 21.5 Å². The lowest BCUT2D eigenvalue weighted by Gasteiger charge is -2.33. The lowest BCUT2D eigenvalue weighted by molar-refractivity contribution is 0.173. The Kier molecular flexibility index (Phi) is 6.43. The van der Waals surface area contributed by atoms with Gasteiger partial charge in [0.15, 0.2) is 5.65 Å². The molecule has 1 N–H and O–H groups in total. The summed E-state index contributed by atoms with van der Waals surface area (Å²) in [4.78, 5) is 7.45. The molecule has 0 aliphatic carbocycles. The maximum Gasteiger partial charge on any atom is 0.151 e. The van der Waals surface area contributed by atoms with Crippen molar-refractivity contribution in [1.82, 2.24) is 19.5 Å². The van der Waals surface area contributed by atoms with Gasteiger partial charge in [-0.1, -0.05) is 59.5 Å². The van der Waals surface area contributed by atoms with Crippen LogP contribution in [0.2, 0.25) is 5.02 Å². The maximum atomic E-state index is 6.48. The van der Waals surface area contributed by atoms with E-state index in [4.69, 9.17) is 16.6 Å². The second-order valence-electron chi connectivity index (χ2n) is 9.12. The number of hydrogen-bond donors (Lipinski definition) is 1. The molecule has 5 rings (SSSR count). The number of benzene rings is 2. The highest BCUT2D eigenvalue weighted by molar-refractivity contribution is 6.36. The molecule has 166 valence electrons. The van der Waals surface area contributed by atoms with Gasteiger partial charge in [0.2, 0.25) is 0 Å². The minimum absolute atomic E-state index is 0.589. The van der Waals surface area contributed by atoms with Gasteiger partial charge < -0.3 is 5.32 Å². The summed E-state index contributed by atoms with van der Waals surface area (Å²) in [5, 5.41) is 8.96. The summed E-state index contributed by atoms with van der Waals surface area (Å²) in [7, 11) is 4.25. The number of nitrogens with one attached hydrogen (secondary N) is 1. The van der Waals surface area contributed by atoms with Crippen molar-refractivity contribution in [3.8, 4) is 11.3 Å². The highest BCUT2D eigenvalue weighted by atomic mass is 35.5. The first-order valence-corrected chi connectivity index (χ1v) is 12.1. The lowest BCUT2D eigenvalue weighted by atomic mass is 9.89. The first-order chi connectivity index (χ1) is 16.1. The lowest BCUT2D eigenvalue weighted by Crippen LogP contribution is -2.38. The number of fused-ring (bicyclic) bond motifs is 1. The van der Waals surface area contributed by atoms with E-state index in [1.807, 2.05) is 42.8 Å². The monoisotopic (exact) mass is 455 g/mol. The molecule has 0 saturated carbocycles. The Balaban J connectivity index is 1.34. The first-order valence-electron chi connectivity index (χ1n) is 11.7. The predicted octanol–water partition coefficient (Wildman–Crippen LogP) is 1.89. The fourth-order valence-electron chi connectivity index (χ4n) is 4.74. The number of likely N-dealkylation sites (tertiary alicyclic amines) is 1. The molecule has 8 heteroatoms. The summed E-state index contributed by atoms with van der Waals surface area (Å²) >= 11 is 6.48. The molecule has 1 unspecified atom stereocenters. The highest BCUT2D eigenvalue weighted by Gasteiger charge is 2.21. The Labute approximate surface area is 202 Å². The van der Waals surface area contributed by atoms with Crippen LogP contribution in [0.3, 0.4) is 0 Å². The Morgan fingerprint density at radius 2 is 1.88 bits per heavy atom. The smallest absolute Gasteiger partial charge is 0.151 e. The molecule has 1 aliphatic heterocycles. The van der Waals surface area contributed by atoms with Crippen molar-refractivity contribution >= 4 is 49.7 Å². The first kappa shape index (κ1) is 22.1. The molecular formula is C25H28B2ClN5. The van der Waals surface area contributed by atoms with Crippen molar-refractivity contribution in [3.63, 3.8) is 0 Å². The van der Waals surface area contributed by atoms with E-state index >= 15 is 0 Å². The van der Waals surface area contributed by atoms with Crippen molar-refractivity contribution in [2.24, 2.45) is 5.92 Å². The van der Waals surface area contributed by atoms with Crippen LogP contribution in [-0.2, 0) is 6.54 Å². The van der Waals surface area contributed by atoms with Gasteiger partial charge in [-0.15, -0.1) is 0 Å². The van der Waals surface area contributed by atoms with E-state index in [2.05, 4.69) is 53.5 Å². The van der Waals surface area contributed by atoms with Crippen LogP contribution in [0.15, 0.2) is 60.8 Å². The summed E-state index contributed by atoms with van der Waals surface area (Å²) in [6, 6.07) is 18.6. The summed E-state index contributed by atoms with van der Waals surface area (Å²) in [5.41, 5.74) is 6.52. The summed E-state index contributed by atoms with van der Waals surface area (Å²) in [6.07, 6.45) is 4.34. The zero-order chi connectivity index (χ0) is 22.8. The molecule has 1 atom stereocenters. The quantitative estimate of drug-likeness (QED) is 0.451. The minimum atomic E-state index is 0.589. The zero-order valence-electron chi connectivity index (χ0n) is 19.3. The van der Waals surface area contributed by atoms with E-state index in [0.29, 0.717) is 10.9 Å². The van der Waals surface area contributed by atoms with Crippen LogP contribution in [-0.4, -0.2) is 54.8 Å². The van der Waals surface area contributed by atoms with Crippen LogP contribution in [0.5, 0.6) is 0 Å². The van der Waals surface area contributed by atoms with Crippen LogP contribution >= 0.6 is 11.6 Å². The number of halogens is 1. The summed E-state index contributed by atoms with van der Waals surface area (Å²) in [6.45, 7) is 4.20. The number of aromatic nitrogens is 3. The molecule has 2 aromatic heterocycles. The number of nitrogens with zero attached hydrogens (tertiary/aromatic N) is 4. The van der Waals surface area contributed by atoms with E-state index in [1.54, 1.807) is 0 Å². The maximum absolute atomic E-state index is 6.48. The van der Waals surface area contributed by atoms with Gasteiger partial charge in [-0.05, 0) is 42.4 Å². The molecule has 0 radical (unpaired) electrons. The Morgan fingerprint density at radius 3 is 2.73 bits per heavy atom. The van der Waals surface area contributed by atoms with Crippen LogP contribution in [0.25, 0.3) is 16.9 Å². The molecule has 0 spiro atoms. The largest absolute Gasteiger partial charge is 0.370 e. The Hall–Kier alpha value is -2.76. The third kappa shape index (κ3) is 4.80. The molecular weight excluding hydrogens is 427 g/mol. The highest BCUT2D eigenvalue weighted by Crippen LogP contribution is 2.28. The third-order valence-corrected chi connectivity index (χ3v) is 6.96. The molecule has 0 bridgehead atoms. The van der Waals surface area contributed by atoms with Crippen LogP contribution in [0, 0.1) is 5.92 Å². The third-order valence-electron chi connectivity index (χ3n) is 6.63. The van der Waals surface area contributed by atoms with E-state index < -0.39 is 0 Å². The molecule has 1 aliphatic rings. The molecule has 0 amide bonds. The second-order valence-corrected chi connectivity index (χ2v) is 9.53. The second kappa shape index (κ2) is 9.62. The summed E-state index contributed by atoms with van der Waals surface area (Å²) in [5.74, 6) is 1.55. The fraction of sp³-hybridized carbons (Fsp3) is 0.280.